The van der Waals surface area contributed by atoms with Crippen LogP contribution in [0.2, 0.25) is 0 Å². The van der Waals surface area contributed by atoms with Gasteiger partial charge in [-0.3, -0.25) is 39.6 Å². The molecule has 16 nitrogen and oxygen atoms in total. The Morgan fingerprint density at radius 1 is 0.594 bits per heavy atom. The van der Waals surface area contributed by atoms with Gasteiger partial charge < -0.3 is 19.8 Å². The average molecular weight is 911 g/mol. The highest BCUT2D eigenvalue weighted by Gasteiger charge is 2.34. The van der Waals surface area contributed by atoms with E-state index in [0.29, 0.717) is 24.9 Å². The van der Waals surface area contributed by atoms with Gasteiger partial charge in [-0.05, 0) is 140 Å². The average Bonchev–Trinajstić information content (AvgIpc) is 3.22. The van der Waals surface area contributed by atoms with Crippen molar-refractivity contribution in [3.05, 3.63) is 66.5 Å². The number of fused-ring (bicyclic) bond motifs is 2. The first-order valence-electron chi connectivity index (χ1n) is 23.8. The Bertz CT molecular complexity index is 2220. The molecule has 4 amide bonds. The van der Waals surface area contributed by atoms with Gasteiger partial charge in [0.1, 0.15) is 22.2 Å². The molecule has 0 atom stereocenters. The van der Waals surface area contributed by atoms with E-state index >= 15 is 0 Å². The summed E-state index contributed by atoms with van der Waals surface area (Å²) in [7, 11) is -3.65. The van der Waals surface area contributed by atoms with E-state index in [0.717, 1.165) is 119 Å². The molecule has 356 valence electrons. The second-order valence-electron chi connectivity index (χ2n) is 19.7. The van der Waals surface area contributed by atoms with Crippen LogP contribution in [0.25, 0.3) is 0 Å². The molecule has 2 aromatic heterocycles. The number of hydrogen-bond donors (Lipinski definition) is 6. The molecule has 0 unspecified atom stereocenters. The minimum Gasteiger partial charge on any atom is -0.338 e. The number of nitrogens with zero attached hydrogens (tertiary/aromatic N) is 2. The first kappa shape index (κ1) is 50.6. The van der Waals surface area contributed by atoms with Gasteiger partial charge in [-0.15, -0.1) is 4.83 Å². The normalized spacial score (nSPS) is 18.0. The van der Waals surface area contributed by atoms with Gasteiger partial charge in [-0.2, -0.15) is 0 Å². The minimum absolute atomic E-state index is 0.0343. The van der Waals surface area contributed by atoms with Crippen molar-refractivity contribution < 1.29 is 27.6 Å². The van der Waals surface area contributed by atoms with Crippen LogP contribution in [0.1, 0.15) is 187 Å². The zero-order valence-electron chi connectivity index (χ0n) is 38.9. The van der Waals surface area contributed by atoms with E-state index in [1.165, 1.54) is 65.2 Å². The fourth-order valence-corrected chi connectivity index (χ4v) is 10.0. The van der Waals surface area contributed by atoms with E-state index in [1.807, 2.05) is 14.0 Å². The Hall–Kier alpha value is -4.35. The first-order valence-corrected chi connectivity index (χ1v) is 25.6. The van der Waals surface area contributed by atoms with E-state index < -0.39 is 44.7 Å². The summed E-state index contributed by atoms with van der Waals surface area (Å²) in [6.45, 7) is 7.37. The van der Waals surface area contributed by atoms with Crippen molar-refractivity contribution in [3.63, 3.8) is 0 Å². The lowest BCUT2D eigenvalue weighted by Crippen LogP contribution is -2.58. The molecule has 0 saturated heterocycles. The number of aryl methyl sites for hydroxylation is 2. The Balaban J connectivity index is 0.000000243. The van der Waals surface area contributed by atoms with Gasteiger partial charge in [0.25, 0.3) is 34.7 Å². The molecule has 4 aliphatic carbocycles. The van der Waals surface area contributed by atoms with Crippen LogP contribution in [0, 0.1) is 11.8 Å². The smallest absolute Gasteiger partial charge is 0.263 e. The molecule has 7 N–H and O–H groups in total. The fourth-order valence-electron chi connectivity index (χ4n) is 9.73. The number of amides is 4. The second kappa shape index (κ2) is 22.7. The largest absolute Gasteiger partial charge is 0.338 e. The number of aromatic nitrogens is 2. The quantitative estimate of drug-likeness (QED) is 0.0978. The van der Waals surface area contributed by atoms with Crippen molar-refractivity contribution in [2.45, 2.75) is 193 Å². The fraction of sp³-hybridized carbons (Fsp3) is 0.702. The van der Waals surface area contributed by atoms with Crippen molar-refractivity contribution in [1.82, 2.24) is 35.5 Å². The number of sulfonamides is 1. The maximum absolute atomic E-state index is 13.6. The Morgan fingerprint density at radius 3 is 1.33 bits per heavy atom. The van der Waals surface area contributed by atoms with Crippen LogP contribution < -0.4 is 43.3 Å². The Morgan fingerprint density at radius 2 is 0.953 bits per heavy atom. The Kier molecular flexibility index (Phi) is 18.0. The third kappa shape index (κ3) is 13.8. The van der Waals surface area contributed by atoms with Crippen molar-refractivity contribution in [2.75, 3.05) is 6.26 Å². The van der Waals surface area contributed by atoms with Crippen molar-refractivity contribution in [3.8, 4) is 0 Å². The molecule has 0 aromatic carbocycles. The maximum Gasteiger partial charge on any atom is 0.263 e. The van der Waals surface area contributed by atoms with Crippen LogP contribution in [0.15, 0.2) is 21.7 Å². The molecule has 64 heavy (non-hydrogen) atoms. The predicted octanol–water partition coefficient (Wildman–Crippen LogP) is 4.76. The summed E-state index contributed by atoms with van der Waals surface area (Å²) in [4.78, 5) is 79.7. The first-order chi connectivity index (χ1) is 30.3. The van der Waals surface area contributed by atoms with Crippen molar-refractivity contribution >= 4 is 33.7 Å². The number of hydrazine groups is 2. The Labute approximate surface area is 379 Å². The number of nitrogens with one attached hydrogen (secondary N) is 5. The number of carbonyl (C=O) groups is 4. The van der Waals surface area contributed by atoms with Gasteiger partial charge >= 0.3 is 0 Å². The van der Waals surface area contributed by atoms with Gasteiger partial charge in [0.2, 0.25) is 10.0 Å². The van der Waals surface area contributed by atoms with Crippen LogP contribution in [0.3, 0.4) is 0 Å². The topological polar surface area (TPSA) is 233 Å². The molecule has 0 radical (unpaired) electrons. The van der Waals surface area contributed by atoms with Gasteiger partial charge in [0.05, 0.1) is 6.26 Å². The zero-order valence-corrected chi connectivity index (χ0v) is 39.7. The number of nitrogens with two attached hydrogens (primary N) is 1. The highest BCUT2D eigenvalue weighted by molar-refractivity contribution is 7.88. The summed E-state index contributed by atoms with van der Waals surface area (Å²) in [5.41, 5.74) is 5.44. The lowest BCUT2D eigenvalue weighted by molar-refractivity contribution is -0.127. The summed E-state index contributed by atoms with van der Waals surface area (Å²) in [6, 6.07) is 3.48. The van der Waals surface area contributed by atoms with E-state index in [1.54, 1.807) is 26.0 Å². The molecule has 0 spiro atoms. The molecule has 2 aromatic rings. The molecule has 4 aliphatic rings. The summed E-state index contributed by atoms with van der Waals surface area (Å²) in [5.74, 6) is 3.76. The zero-order chi connectivity index (χ0) is 46.7. The van der Waals surface area contributed by atoms with E-state index in [-0.39, 0.29) is 22.2 Å². The van der Waals surface area contributed by atoms with Gasteiger partial charge in [-0.25, -0.2) is 14.3 Å². The van der Waals surface area contributed by atoms with Crippen LogP contribution in [0.5, 0.6) is 0 Å². The molecule has 2 fully saturated rings. The van der Waals surface area contributed by atoms with Crippen LogP contribution >= 0.6 is 0 Å². The van der Waals surface area contributed by atoms with Crippen molar-refractivity contribution in [2.24, 2.45) is 17.7 Å². The van der Waals surface area contributed by atoms with Crippen molar-refractivity contribution in [1.29, 1.82) is 0 Å². The van der Waals surface area contributed by atoms with Crippen LogP contribution in [0.4, 0.5) is 0 Å². The summed E-state index contributed by atoms with van der Waals surface area (Å²) >= 11 is 0. The third-order valence-electron chi connectivity index (χ3n) is 13.5. The lowest BCUT2D eigenvalue weighted by Gasteiger charge is -2.28. The van der Waals surface area contributed by atoms with Gasteiger partial charge in [-0.1, -0.05) is 64.2 Å². The molecule has 6 rings (SSSR count). The number of carbonyl (C=O) groups excluding carboxylic acids is 4. The summed E-state index contributed by atoms with van der Waals surface area (Å²) in [6.07, 6.45) is 24.9. The van der Waals surface area contributed by atoms with Gasteiger partial charge in [0.15, 0.2) is 0 Å². The second-order valence-corrected chi connectivity index (χ2v) is 21.4. The van der Waals surface area contributed by atoms with E-state index in [2.05, 4.69) is 21.5 Å². The SMILES string of the molecule is CC(C)(NC(=O)c1cc2c(n(CC3CCCCC3)c1=O)CCCCCC2)C(=O)NN.CC(C)(NC(=O)c1cc2c(n(CC3CCCCC3)c1=O)CCCCCC2)C(=O)NNS(C)(=O)=O. The number of hydrogen-bond acceptors (Lipinski definition) is 9. The molecule has 2 heterocycles. The molecule has 0 aliphatic heterocycles. The molecular formula is C47H74N8O8S. The summed E-state index contributed by atoms with van der Waals surface area (Å²) < 4.78 is 26.3. The van der Waals surface area contributed by atoms with Gasteiger partial charge in [0, 0.05) is 24.5 Å². The lowest BCUT2D eigenvalue weighted by atomic mass is 9.88. The van der Waals surface area contributed by atoms with Crippen LogP contribution in [-0.4, -0.2) is 58.5 Å². The monoisotopic (exact) mass is 911 g/mol. The molecule has 17 heteroatoms. The molecule has 2 saturated carbocycles. The number of rotatable bonds is 12. The maximum atomic E-state index is 13.6. The number of pyridine rings is 2. The highest BCUT2D eigenvalue weighted by atomic mass is 32.2. The third-order valence-corrected chi connectivity index (χ3v) is 14.0. The minimum atomic E-state index is -3.65. The van der Waals surface area contributed by atoms with E-state index in [4.69, 9.17) is 5.84 Å². The van der Waals surface area contributed by atoms with Crippen LogP contribution in [-0.2, 0) is 58.4 Å². The summed E-state index contributed by atoms with van der Waals surface area (Å²) in [5, 5.41) is 5.30. The van der Waals surface area contributed by atoms with E-state index in [9.17, 15) is 37.2 Å². The predicted molar refractivity (Wildman–Crippen MR) is 248 cm³/mol. The molecular weight excluding hydrogens is 837 g/mol. The highest BCUT2D eigenvalue weighted by Crippen LogP contribution is 2.29. The molecule has 0 bridgehead atoms. The standard InChI is InChI=1S/C24H38N4O5S.C23H36N4O3/c1-24(2,23(31)26-27-34(3,32)33)25-21(29)19-15-18-13-9-4-5-10-14-20(18)28(22(19)30)16-17-11-7-6-8-12-17;1-23(2,22(30)26-24)25-20(28)18-14-17-12-8-3-4-9-13-19(17)27(21(18)29)15-16-10-6-5-7-11-16/h15,17,27H,4-14,16H2,1-3H3,(H,25,29)(H,26,31);14,16H,3-13,15,24H2,1-2H3,(H,25,28)(H,26,30).